The van der Waals surface area contributed by atoms with Crippen LogP contribution in [0.4, 0.5) is 0 Å². The summed E-state index contributed by atoms with van der Waals surface area (Å²) in [5.74, 6) is 0. The van der Waals surface area contributed by atoms with E-state index in [-0.39, 0.29) is 6.29 Å². The molecule has 1 aliphatic heterocycles. The second-order valence-electron chi connectivity index (χ2n) is 3.75. The molecule has 1 aliphatic rings. The van der Waals surface area contributed by atoms with Crippen LogP contribution in [0.25, 0.3) is 0 Å². The Hall–Kier alpha value is -0.340. The van der Waals surface area contributed by atoms with Crippen molar-refractivity contribution in [2.75, 3.05) is 6.61 Å². The first-order valence-electron chi connectivity index (χ1n) is 5.78. The van der Waals surface area contributed by atoms with Crippen LogP contribution < -0.4 is 0 Å². The van der Waals surface area contributed by atoms with Crippen molar-refractivity contribution in [3.63, 3.8) is 0 Å². The van der Waals surface area contributed by atoms with Crippen molar-refractivity contribution >= 4 is 0 Å². The van der Waals surface area contributed by atoms with Crippen molar-refractivity contribution in [2.45, 2.75) is 58.3 Å². The van der Waals surface area contributed by atoms with Crippen LogP contribution in [0.5, 0.6) is 0 Å². The Morgan fingerprint density at radius 2 is 2.14 bits per heavy atom. The highest BCUT2D eigenvalue weighted by molar-refractivity contribution is 4.84. The highest BCUT2D eigenvalue weighted by atomic mass is 16.7. The van der Waals surface area contributed by atoms with Gasteiger partial charge in [-0.3, -0.25) is 0 Å². The van der Waals surface area contributed by atoms with Gasteiger partial charge in [-0.05, 0) is 25.7 Å². The van der Waals surface area contributed by atoms with E-state index in [2.05, 4.69) is 26.0 Å². The zero-order valence-electron chi connectivity index (χ0n) is 9.37. The van der Waals surface area contributed by atoms with Crippen LogP contribution in [0, 0.1) is 0 Å². The molecule has 0 amide bonds. The van der Waals surface area contributed by atoms with Crippen molar-refractivity contribution in [3.05, 3.63) is 12.2 Å². The first-order valence-corrected chi connectivity index (χ1v) is 5.78. The van der Waals surface area contributed by atoms with Crippen LogP contribution >= 0.6 is 0 Å². The highest BCUT2D eigenvalue weighted by Crippen LogP contribution is 2.18. The summed E-state index contributed by atoms with van der Waals surface area (Å²) in [5, 5.41) is 0. The van der Waals surface area contributed by atoms with Gasteiger partial charge in [0, 0.05) is 0 Å². The van der Waals surface area contributed by atoms with Crippen LogP contribution in [0.15, 0.2) is 12.2 Å². The average molecular weight is 198 g/mol. The fourth-order valence-corrected chi connectivity index (χ4v) is 1.63. The molecule has 0 aromatic carbocycles. The van der Waals surface area contributed by atoms with Crippen LogP contribution in [0.1, 0.15) is 46.0 Å². The van der Waals surface area contributed by atoms with Gasteiger partial charge in [-0.25, -0.2) is 0 Å². The minimum absolute atomic E-state index is 0.0498. The summed E-state index contributed by atoms with van der Waals surface area (Å²) in [4.78, 5) is 0. The molecule has 0 unspecified atom stereocenters. The van der Waals surface area contributed by atoms with Gasteiger partial charge in [-0.2, -0.15) is 0 Å². The maximum Gasteiger partial charge on any atom is 0.157 e. The molecule has 0 aromatic rings. The Labute approximate surface area is 87.3 Å². The summed E-state index contributed by atoms with van der Waals surface area (Å²) in [6.45, 7) is 5.17. The lowest BCUT2D eigenvalue weighted by atomic mass is 10.1. The second-order valence-corrected chi connectivity index (χ2v) is 3.75. The molecule has 0 N–H and O–H groups in total. The summed E-state index contributed by atoms with van der Waals surface area (Å²) in [5.41, 5.74) is 0. The molecule has 0 aliphatic carbocycles. The Morgan fingerprint density at radius 1 is 1.29 bits per heavy atom. The Morgan fingerprint density at radius 3 is 2.86 bits per heavy atom. The van der Waals surface area contributed by atoms with Gasteiger partial charge in [-0.15, -0.1) is 0 Å². The van der Waals surface area contributed by atoms with Gasteiger partial charge in [0.05, 0.1) is 12.7 Å². The van der Waals surface area contributed by atoms with Crippen molar-refractivity contribution in [2.24, 2.45) is 0 Å². The smallest absolute Gasteiger partial charge is 0.157 e. The van der Waals surface area contributed by atoms with Gasteiger partial charge in [0.2, 0.25) is 0 Å². The van der Waals surface area contributed by atoms with Crippen LogP contribution in [-0.4, -0.2) is 19.0 Å². The van der Waals surface area contributed by atoms with E-state index in [0.29, 0.717) is 6.10 Å². The van der Waals surface area contributed by atoms with Crippen molar-refractivity contribution in [1.29, 1.82) is 0 Å². The van der Waals surface area contributed by atoms with Crippen molar-refractivity contribution < 1.29 is 9.47 Å². The SMILES string of the molecule is CC/C=C/C[C@@H]1CCO[C@@H](CCC)O1. The monoisotopic (exact) mass is 198 g/mol. The highest BCUT2D eigenvalue weighted by Gasteiger charge is 2.20. The molecule has 82 valence electrons. The first-order chi connectivity index (χ1) is 6.86. The standard InChI is InChI=1S/C12H22O2/c1-3-5-6-8-11-9-10-13-12(14-11)7-4-2/h5-6,11-12H,3-4,7-10H2,1-2H3/b6-5+/t11-,12-/m1/s1. The van der Waals surface area contributed by atoms with Gasteiger partial charge in [0.1, 0.15) is 0 Å². The van der Waals surface area contributed by atoms with E-state index in [1.54, 1.807) is 0 Å². The predicted octanol–water partition coefficient (Wildman–Crippen LogP) is 3.27. The molecule has 0 radical (unpaired) electrons. The molecule has 0 bridgehead atoms. The minimum atomic E-state index is 0.0498. The first kappa shape index (κ1) is 11.7. The van der Waals surface area contributed by atoms with Crippen LogP contribution in [0.3, 0.4) is 0 Å². The summed E-state index contributed by atoms with van der Waals surface area (Å²) < 4.78 is 11.3. The lowest BCUT2D eigenvalue weighted by Gasteiger charge is -2.29. The van der Waals surface area contributed by atoms with Gasteiger partial charge in [0.15, 0.2) is 6.29 Å². The number of rotatable bonds is 5. The van der Waals surface area contributed by atoms with Crippen molar-refractivity contribution in [3.8, 4) is 0 Å². The molecule has 1 heterocycles. The Bertz CT molecular complexity index is 164. The number of allylic oxidation sites excluding steroid dienone is 1. The van der Waals surface area contributed by atoms with Gasteiger partial charge < -0.3 is 9.47 Å². The normalized spacial score (nSPS) is 28.4. The zero-order valence-corrected chi connectivity index (χ0v) is 9.37. The molecule has 14 heavy (non-hydrogen) atoms. The van der Waals surface area contributed by atoms with E-state index in [4.69, 9.17) is 9.47 Å². The molecule has 2 heteroatoms. The molecule has 1 rings (SSSR count). The van der Waals surface area contributed by atoms with E-state index < -0.39 is 0 Å². The van der Waals surface area contributed by atoms with E-state index in [0.717, 1.165) is 38.7 Å². The molecule has 2 nitrogen and oxygen atoms in total. The summed E-state index contributed by atoms with van der Waals surface area (Å²) in [6.07, 6.45) is 10.2. The van der Waals surface area contributed by atoms with E-state index in [1.165, 1.54) is 0 Å². The van der Waals surface area contributed by atoms with Crippen LogP contribution in [-0.2, 0) is 9.47 Å². The third-order valence-electron chi connectivity index (χ3n) is 2.41. The number of hydrogen-bond donors (Lipinski definition) is 0. The van der Waals surface area contributed by atoms with Crippen LogP contribution in [0.2, 0.25) is 0 Å². The Kier molecular flexibility index (Phi) is 5.88. The molecule has 0 spiro atoms. The van der Waals surface area contributed by atoms with Crippen molar-refractivity contribution in [1.82, 2.24) is 0 Å². The fraction of sp³-hybridized carbons (Fsp3) is 0.833. The molecule has 1 saturated heterocycles. The molecule has 0 aromatic heterocycles. The fourth-order valence-electron chi connectivity index (χ4n) is 1.63. The average Bonchev–Trinajstić information content (AvgIpc) is 2.19. The third kappa shape index (κ3) is 4.25. The van der Waals surface area contributed by atoms with E-state index >= 15 is 0 Å². The largest absolute Gasteiger partial charge is 0.353 e. The minimum Gasteiger partial charge on any atom is -0.353 e. The molecule has 0 saturated carbocycles. The van der Waals surface area contributed by atoms with Gasteiger partial charge >= 0.3 is 0 Å². The molecular formula is C12H22O2. The van der Waals surface area contributed by atoms with Gasteiger partial charge in [-0.1, -0.05) is 32.4 Å². The maximum atomic E-state index is 5.80. The predicted molar refractivity (Wildman–Crippen MR) is 58.2 cm³/mol. The molecule has 2 atom stereocenters. The lowest BCUT2D eigenvalue weighted by Crippen LogP contribution is -2.31. The second kappa shape index (κ2) is 7.02. The number of ether oxygens (including phenoxy) is 2. The van der Waals surface area contributed by atoms with Gasteiger partial charge in [0.25, 0.3) is 0 Å². The zero-order chi connectivity index (χ0) is 10.2. The van der Waals surface area contributed by atoms with E-state index in [9.17, 15) is 0 Å². The maximum absolute atomic E-state index is 5.80. The molecular weight excluding hydrogens is 176 g/mol. The van der Waals surface area contributed by atoms with E-state index in [1.807, 2.05) is 0 Å². The lowest BCUT2D eigenvalue weighted by molar-refractivity contribution is -0.213. The summed E-state index contributed by atoms with van der Waals surface area (Å²) >= 11 is 0. The number of hydrogen-bond acceptors (Lipinski definition) is 2. The Balaban J connectivity index is 2.21. The quantitative estimate of drug-likeness (QED) is 0.631. The molecule has 1 fully saturated rings. The summed E-state index contributed by atoms with van der Waals surface area (Å²) in [6, 6.07) is 0. The summed E-state index contributed by atoms with van der Waals surface area (Å²) in [7, 11) is 0. The topological polar surface area (TPSA) is 18.5 Å². The third-order valence-corrected chi connectivity index (χ3v) is 2.41.